The van der Waals surface area contributed by atoms with E-state index in [4.69, 9.17) is 4.74 Å². The molecule has 1 fully saturated rings. The summed E-state index contributed by atoms with van der Waals surface area (Å²) in [7, 11) is 1.60. The van der Waals surface area contributed by atoms with Crippen molar-refractivity contribution in [2.24, 2.45) is 0 Å². The highest BCUT2D eigenvalue weighted by Crippen LogP contribution is 2.32. The molecule has 0 aromatic heterocycles. The average molecular weight is 466 g/mol. The number of hydrogen-bond acceptors (Lipinski definition) is 5. The third kappa shape index (κ3) is 4.35. The van der Waals surface area contributed by atoms with E-state index in [1.54, 1.807) is 13.2 Å². The Morgan fingerprint density at radius 3 is 2.44 bits per heavy atom. The van der Waals surface area contributed by atoms with Crippen LogP contribution in [0.15, 0.2) is 53.4 Å². The van der Waals surface area contributed by atoms with Crippen molar-refractivity contribution in [1.82, 2.24) is 4.90 Å². The summed E-state index contributed by atoms with van der Waals surface area (Å²) in [5.41, 5.74) is 1.70. The number of carbonyl (C=O) groups excluding carboxylic acids is 2. The molecule has 0 aliphatic carbocycles. The van der Waals surface area contributed by atoms with Crippen LogP contribution < -0.4 is 10.1 Å². The lowest BCUT2D eigenvalue weighted by Crippen LogP contribution is -2.33. The van der Waals surface area contributed by atoms with Gasteiger partial charge in [0, 0.05) is 9.26 Å². The average Bonchev–Trinajstić information content (AvgIpc) is 2.89. The predicted molar refractivity (Wildman–Crippen MR) is 108 cm³/mol. The lowest BCUT2D eigenvalue weighted by Gasteiger charge is -2.14. The zero-order chi connectivity index (χ0) is 17.8. The third-order valence-corrected chi connectivity index (χ3v) is 5.20. The zero-order valence-corrected chi connectivity index (χ0v) is 16.3. The lowest BCUT2D eigenvalue weighted by atomic mass is 10.2. The van der Waals surface area contributed by atoms with Gasteiger partial charge in [-0.3, -0.25) is 14.5 Å². The summed E-state index contributed by atoms with van der Waals surface area (Å²) >= 11 is 3.17. The smallest absolute Gasteiger partial charge is 0.295 e. The quantitative estimate of drug-likeness (QED) is 0.523. The number of rotatable bonds is 5. The first-order chi connectivity index (χ1) is 12.1. The molecule has 1 heterocycles. The second-order valence-electron chi connectivity index (χ2n) is 5.22. The maximum Gasteiger partial charge on any atom is 0.295 e. The fraction of sp³-hybridized carbons (Fsp3) is 0.111. The van der Waals surface area contributed by atoms with Gasteiger partial charge in [-0.2, -0.15) is 0 Å². The van der Waals surface area contributed by atoms with Gasteiger partial charge in [-0.15, -0.1) is 0 Å². The van der Waals surface area contributed by atoms with Crippen molar-refractivity contribution in [3.8, 4) is 5.75 Å². The summed E-state index contributed by atoms with van der Waals surface area (Å²) in [6.45, 7) is 0.144. The molecule has 0 bridgehead atoms. The summed E-state index contributed by atoms with van der Waals surface area (Å²) in [6, 6.07) is 15.1. The second kappa shape index (κ2) is 7.92. The predicted octanol–water partition coefficient (Wildman–Crippen LogP) is 4.41. The highest BCUT2D eigenvalue weighted by Gasteiger charge is 2.34. The molecule has 3 rings (SSSR count). The number of carbonyl (C=O) groups is 2. The molecule has 0 radical (unpaired) electrons. The molecule has 1 aliphatic rings. The van der Waals surface area contributed by atoms with Crippen molar-refractivity contribution >= 4 is 57.3 Å². The Kier molecular flexibility index (Phi) is 5.64. The minimum atomic E-state index is -0.288. The first kappa shape index (κ1) is 17.8. The van der Waals surface area contributed by atoms with Gasteiger partial charge in [0.05, 0.1) is 18.7 Å². The molecule has 1 N–H and O–H groups in total. The van der Waals surface area contributed by atoms with Crippen molar-refractivity contribution < 1.29 is 14.3 Å². The van der Waals surface area contributed by atoms with Gasteiger partial charge in [-0.1, -0.05) is 12.1 Å². The number of halogens is 1. The number of amides is 2. The number of thioether (sulfide) groups is 1. The van der Waals surface area contributed by atoms with Crippen LogP contribution in [0.5, 0.6) is 5.75 Å². The molecule has 2 amide bonds. The number of nitrogens with zero attached hydrogens (tertiary/aromatic N) is 1. The van der Waals surface area contributed by atoms with Crippen LogP contribution in [-0.4, -0.2) is 29.8 Å². The van der Waals surface area contributed by atoms with Gasteiger partial charge in [0.2, 0.25) is 0 Å². The Balaban J connectivity index is 1.68. The van der Waals surface area contributed by atoms with Crippen LogP contribution >= 0.6 is 34.4 Å². The van der Waals surface area contributed by atoms with E-state index in [2.05, 4.69) is 27.9 Å². The first-order valence-corrected chi connectivity index (χ1v) is 9.35. The molecule has 0 atom stereocenters. The van der Waals surface area contributed by atoms with Crippen LogP contribution in [0, 0.1) is 3.57 Å². The van der Waals surface area contributed by atoms with Crippen molar-refractivity contribution in [1.29, 1.82) is 0 Å². The molecule has 1 saturated heterocycles. The SMILES string of the molecule is COc1ccc(/C=C2/SC(=O)N(CNc3ccc(I)cc3)C2=O)cc1. The molecule has 2 aromatic rings. The summed E-state index contributed by atoms with van der Waals surface area (Å²) < 4.78 is 6.23. The van der Waals surface area contributed by atoms with Gasteiger partial charge in [-0.05, 0) is 82.4 Å². The number of hydrogen-bond donors (Lipinski definition) is 1. The summed E-state index contributed by atoms with van der Waals surface area (Å²) in [5, 5.41) is 2.82. The van der Waals surface area contributed by atoms with Gasteiger partial charge in [-0.25, -0.2) is 0 Å². The van der Waals surface area contributed by atoms with Gasteiger partial charge in [0.25, 0.3) is 11.1 Å². The molecule has 2 aromatic carbocycles. The molecule has 0 spiro atoms. The third-order valence-electron chi connectivity index (χ3n) is 3.57. The molecular weight excluding hydrogens is 451 g/mol. The van der Waals surface area contributed by atoms with Crippen molar-refractivity contribution in [3.63, 3.8) is 0 Å². The minimum Gasteiger partial charge on any atom is -0.497 e. The Morgan fingerprint density at radius 1 is 1.12 bits per heavy atom. The number of nitrogens with one attached hydrogen (secondary N) is 1. The van der Waals surface area contributed by atoms with E-state index in [0.29, 0.717) is 4.91 Å². The lowest BCUT2D eigenvalue weighted by molar-refractivity contribution is -0.122. The standard InChI is InChI=1S/C18H15IN2O3S/c1-24-15-8-2-12(3-9-15)10-16-17(22)21(18(23)25-16)11-20-14-6-4-13(19)5-7-14/h2-10,20H,11H2,1H3/b16-10+. The van der Waals surface area contributed by atoms with Crippen LogP contribution in [0.2, 0.25) is 0 Å². The highest BCUT2D eigenvalue weighted by molar-refractivity contribution is 14.1. The maximum atomic E-state index is 12.5. The van der Waals surface area contributed by atoms with E-state index < -0.39 is 0 Å². The Bertz CT molecular complexity index is 819. The summed E-state index contributed by atoms with van der Waals surface area (Å²) in [4.78, 5) is 26.2. The zero-order valence-electron chi connectivity index (χ0n) is 13.4. The highest BCUT2D eigenvalue weighted by atomic mass is 127. The second-order valence-corrected chi connectivity index (χ2v) is 7.46. The first-order valence-electron chi connectivity index (χ1n) is 7.45. The minimum absolute atomic E-state index is 0.144. The molecule has 0 saturated carbocycles. The van der Waals surface area contributed by atoms with Crippen LogP contribution in [0.4, 0.5) is 10.5 Å². The van der Waals surface area contributed by atoms with E-state index in [1.165, 1.54) is 4.90 Å². The Labute approximate surface area is 163 Å². The van der Waals surface area contributed by atoms with Crippen LogP contribution in [0.25, 0.3) is 6.08 Å². The van der Waals surface area contributed by atoms with Crippen LogP contribution in [0.3, 0.4) is 0 Å². The Hall–Kier alpha value is -2.00. The number of benzene rings is 2. The normalized spacial score (nSPS) is 15.8. The monoisotopic (exact) mass is 466 g/mol. The molecule has 25 heavy (non-hydrogen) atoms. The fourth-order valence-corrected chi connectivity index (χ4v) is 3.42. The van der Waals surface area contributed by atoms with Gasteiger partial charge in [0.1, 0.15) is 5.75 Å². The van der Waals surface area contributed by atoms with Crippen molar-refractivity contribution in [2.75, 3.05) is 19.1 Å². The molecule has 128 valence electrons. The molecule has 5 nitrogen and oxygen atoms in total. The van der Waals surface area contributed by atoms with Gasteiger partial charge >= 0.3 is 0 Å². The summed E-state index contributed by atoms with van der Waals surface area (Å²) in [6.07, 6.45) is 1.72. The van der Waals surface area contributed by atoms with Crippen molar-refractivity contribution in [3.05, 3.63) is 62.6 Å². The molecule has 7 heteroatoms. The number of methoxy groups -OCH3 is 1. The molecular formula is C18H15IN2O3S. The number of anilines is 1. The Morgan fingerprint density at radius 2 is 1.80 bits per heavy atom. The van der Waals surface area contributed by atoms with Crippen LogP contribution in [0.1, 0.15) is 5.56 Å². The van der Waals surface area contributed by atoms with Gasteiger partial charge < -0.3 is 10.1 Å². The number of imide groups is 1. The molecule has 0 unspecified atom stereocenters. The molecule has 1 aliphatic heterocycles. The van der Waals surface area contributed by atoms with E-state index in [9.17, 15) is 9.59 Å². The van der Waals surface area contributed by atoms with E-state index in [1.807, 2.05) is 48.5 Å². The van der Waals surface area contributed by atoms with Crippen molar-refractivity contribution in [2.45, 2.75) is 0 Å². The topological polar surface area (TPSA) is 58.6 Å². The fourth-order valence-electron chi connectivity index (χ4n) is 2.23. The van der Waals surface area contributed by atoms with E-state index >= 15 is 0 Å². The van der Waals surface area contributed by atoms with Crippen LogP contribution in [-0.2, 0) is 4.79 Å². The number of ether oxygens (including phenoxy) is 1. The van der Waals surface area contributed by atoms with Gasteiger partial charge in [0.15, 0.2) is 0 Å². The van der Waals surface area contributed by atoms with E-state index in [-0.39, 0.29) is 17.8 Å². The largest absolute Gasteiger partial charge is 0.497 e. The summed E-state index contributed by atoms with van der Waals surface area (Å²) in [5.74, 6) is 0.454. The van der Waals surface area contributed by atoms with E-state index in [0.717, 1.165) is 32.3 Å². The maximum absolute atomic E-state index is 12.5.